The molecule has 0 fully saturated rings. The summed E-state index contributed by atoms with van der Waals surface area (Å²) >= 11 is 0. The molecule has 3 rings (SSSR count). The van der Waals surface area contributed by atoms with Gasteiger partial charge in [-0.1, -0.05) is 12.1 Å². The molecule has 2 heterocycles. The van der Waals surface area contributed by atoms with Gasteiger partial charge in [-0.25, -0.2) is 4.98 Å². The van der Waals surface area contributed by atoms with Crippen LogP contribution in [0.5, 0.6) is 0 Å². The van der Waals surface area contributed by atoms with Crippen molar-refractivity contribution in [3.05, 3.63) is 58.9 Å². The van der Waals surface area contributed by atoms with Crippen LogP contribution in [0.25, 0.3) is 10.9 Å². The molecule has 0 aliphatic carbocycles. The van der Waals surface area contributed by atoms with E-state index in [4.69, 9.17) is 0 Å². The summed E-state index contributed by atoms with van der Waals surface area (Å²) < 4.78 is 1.36. The molecule has 23 heavy (non-hydrogen) atoms. The third-order valence-corrected chi connectivity index (χ3v) is 3.75. The summed E-state index contributed by atoms with van der Waals surface area (Å²) in [6.45, 7) is 2.17. The average molecular weight is 311 g/mol. The largest absolute Gasteiger partial charge is 0.354 e. The van der Waals surface area contributed by atoms with Crippen molar-refractivity contribution in [2.24, 2.45) is 0 Å². The highest BCUT2D eigenvalue weighted by atomic mass is 16.2. The van der Waals surface area contributed by atoms with Gasteiger partial charge < -0.3 is 5.32 Å². The Hall–Kier alpha value is -2.96. The molecule has 0 saturated heterocycles. The highest BCUT2D eigenvalue weighted by molar-refractivity contribution is 5.81. The van der Waals surface area contributed by atoms with E-state index in [-0.39, 0.29) is 11.5 Å². The van der Waals surface area contributed by atoms with E-state index in [2.05, 4.69) is 20.5 Å². The number of amides is 1. The lowest BCUT2D eigenvalue weighted by molar-refractivity contribution is -0.123. The Bertz CT molecular complexity index is 870. The zero-order valence-electron chi connectivity index (χ0n) is 12.7. The number of rotatable bonds is 5. The summed E-state index contributed by atoms with van der Waals surface area (Å²) in [5.74, 6) is -0.215. The first-order valence-electron chi connectivity index (χ1n) is 7.38. The number of carbonyl (C=O) groups excluding carboxylic acids is 1. The number of H-pyrrole nitrogens is 1. The van der Waals surface area contributed by atoms with Gasteiger partial charge in [0, 0.05) is 12.7 Å². The zero-order chi connectivity index (χ0) is 16.2. The van der Waals surface area contributed by atoms with Crippen LogP contribution in [0.15, 0.2) is 47.8 Å². The molecular formula is C16H17N5O2. The second-order valence-electron chi connectivity index (χ2n) is 5.30. The Labute approximate surface area is 132 Å². The number of hydrogen-bond acceptors (Lipinski definition) is 4. The van der Waals surface area contributed by atoms with Gasteiger partial charge in [0.25, 0.3) is 5.56 Å². The molecule has 2 N–H and O–H groups in total. The summed E-state index contributed by atoms with van der Waals surface area (Å²) in [4.78, 5) is 28.9. The highest BCUT2D eigenvalue weighted by Gasteiger charge is 2.17. The lowest BCUT2D eigenvalue weighted by atomic mass is 10.2. The van der Waals surface area contributed by atoms with Gasteiger partial charge in [-0.3, -0.25) is 19.3 Å². The summed E-state index contributed by atoms with van der Waals surface area (Å²) in [5, 5.41) is 9.91. The summed E-state index contributed by atoms with van der Waals surface area (Å²) in [6.07, 6.45) is 5.60. The zero-order valence-corrected chi connectivity index (χ0v) is 12.7. The number of benzene rings is 1. The van der Waals surface area contributed by atoms with Crippen LogP contribution in [0.2, 0.25) is 0 Å². The van der Waals surface area contributed by atoms with Gasteiger partial charge in [0.15, 0.2) is 0 Å². The van der Waals surface area contributed by atoms with Crippen molar-refractivity contribution in [3.8, 4) is 0 Å². The Balaban J connectivity index is 1.72. The molecule has 0 aliphatic rings. The normalized spacial score (nSPS) is 12.2. The number of aromatic amines is 1. The highest BCUT2D eigenvalue weighted by Crippen LogP contribution is 2.08. The van der Waals surface area contributed by atoms with Crippen LogP contribution < -0.4 is 10.9 Å². The van der Waals surface area contributed by atoms with E-state index in [0.29, 0.717) is 23.9 Å². The standard InChI is InChI=1S/C16H17N5O2/c1-11(15(22)17-7-6-12-8-19-20-9-12)21-10-18-14-5-3-2-4-13(14)16(21)23/h2-5,8-11H,6-7H2,1H3,(H,17,22)(H,19,20)/t11-/m1/s1. The maximum atomic E-state index is 12.5. The van der Waals surface area contributed by atoms with Gasteiger partial charge >= 0.3 is 0 Å². The number of para-hydroxylation sites is 1. The maximum Gasteiger partial charge on any atom is 0.261 e. The van der Waals surface area contributed by atoms with E-state index in [0.717, 1.165) is 5.56 Å². The van der Waals surface area contributed by atoms with E-state index >= 15 is 0 Å². The fourth-order valence-electron chi connectivity index (χ4n) is 2.38. The minimum Gasteiger partial charge on any atom is -0.354 e. The van der Waals surface area contributed by atoms with E-state index in [1.54, 1.807) is 37.5 Å². The molecule has 3 aromatic rings. The Morgan fingerprint density at radius 3 is 3.00 bits per heavy atom. The third kappa shape index (κ3) is 3.13. The second-order valence-corrected chi connectivity index (χ2v) is 5.30. The molecule has 0 aliphatic heterocycles. The minimum atomic E-state index is -0.621. The molecular weight excluding hydrogens is 294 g/mol. The van der Waals surface area contributed by atoms with E-state index in [1.807, 2.05) is 6.07 Å². The molecule has 0 radical (unpaired) electrons. The van der Waals surface area contributed by atoms with Crippen molar-refractivity contribution < 1.29 is 4.79 Å². The van der Waals surface area contributed by atoms with Crippen molar-refractivity contribution in [1.29, 1.82) is 0 Å². The number of aromatic nitrogens is 4. The number of carbonyl (C=O) groups is 1. The summed E-state index contributed by atoms with van der Waals surface area (Å²) in [5.41, 5.74) is 1.43. The second kappa shape index (κ2) is 6.43. The molecule has 2 aromatic heterocycles. The molecule has 118 valence electrons. The molecule has 0 spiro atoms. The van der Waals surface area contributed by atoms with Crippen LogP contribution in [0.3, 0.4) is 0 Å². The number of nitrogens with one attached hydrogen (secondary N) is 2. The molecule has 1 atom stereocenters. The predicted molar refractivity (Wildman–Crippen MR) is 86.0 cm³/mol. The summed E-state index contributed by atoms with van der Waals surface area (Å²) in [7, 11) is 0. The molecule has 1 amide bonds. The van der Waals surface area contributed by atoms with Crippen LogP contribution in [-0.2, 0) is 11.2 Å². The molecule has 7 heteroatoms. The van der Waals surface area contributed by atoms with Crippen LogP contribution in [0.1, 0.15) is 18.5 Å². The van der Waals surface area contributed by atoms with Crippen LogP contribution >= 0.6 is 0 Å². The Morgan fingerprint density at radius 1 is 1.39 bits per heavy atom. The number of nitrogens with zero attached hydrogens (tertiary/aromatic N) is 3. The van der Waals surface area contributed by atoms with E-state index in [9.17, 15) is 9.59 Å². The van der Waals surface area contributed by atoms with Crippen LogP contribution in [-0.4, -0.2) is 32.2 Å². The van der Waals surface area contributed by atoms with Crippen molar-refractivity contribution in [2.45, 2.75) is 19.4 Å². The van der Waals surface area contributed by atoms with Gasteiger partial charge in [-0.2, -0.15) is 5.10 Å². The van der Waals surface area contributed by atoms with Gasteiger partial charge in [0.05, 0.1) is 23.4 Å². The molecule has 0 bridgehead atoms. The van der Waals surface area contributed by atoms with Crippen LogP contribution in [0.4, 0.5) is 0 Å². The topological polar surface area (TPSA) is 92.7 Å². The van der Waals surface area contributed by atoms with Gasteiger partial charge in [-0.15, -0.1) is 0 Å². The van der Waals surface area contributed by atoms with Gasteiger partial charge in [-0.05, 0) is 31.0 Å². The van der Waals surface area contributed by atoms with Crippen molar-refractivity contribution in [2.75, 3.05) is 6.54 Å². The van der Waals surface area contributed by atoms with Crippen molar-refractivity contribution >= 4 is 16.8 Å². The van der Waals surface area contributed by atoms with Gasteiger partial charge in [0.1, 0.15) is 6.04 Å². The first-order valence-corrected chi connectivity index (χ1v) is 7.38. The molecule has 7 nitrogen and oxygen atoms in total. The third-order valence-electron chi connectivity index (χ3n) is 3.75. The van der Waals surface area contributed by atoms with Crippen molar-refractivity contribution in [1.82, 2.24) is 25.1 Å². The predicted octanol–water partition coefficient (Wildman–Crippen LogP) is 1.04. The minimum absolute atomic E-state index is 0.215. The quantitative estimate of drug-likeness (QED) is 0.736. The molecule has 0 unspecified atom stereocenters. The fraction of sp³-hybridized carbons (Fsp3) is 0.250. The van der Waals surface area contributed by atoms with E-state index < -0.39 is 6.04 Å². The number of fused-ring (bicyclic) bond motifs is 1. The number of hydrogen-bond donors (Lipinski definition) is 2. The lowest BCUT2D eigenvalue weighted by Crippen LogP contribution is -2.36. The Morgan fingerprint density at radius 2 is 2.22 bits per heavy atom. The van der Waals surface area contributed by atoms with Crippen LogP contribution in [0, 0.1) is 0 Å². The van der Waals surface area contributed by atoms with Gasteiger partial charge in [0.2, 0.25) is 5.91 Å². The molecule has 0 saturated carbocycles. The maximum absolute atomic E-state index is 12.5. The monoisotopic (exact) mass is 311 g/mol. The smallest absolute Gasteiger partial charge is 0.261 e. The first-order chi connectivity index (χ1) is 11.2. The van der Waals surface area contributed by atoms with E-state index in [1.165, 1.54) is 10.9 Å². The first kappa shape index (κ1) is 15.0. The fourth-order valence-corrected chi connectivity index (χ4v) is 2.38. The van der Waals surface area contributed by atoms with Crippen molar-refractivity contribution in [3.63, 3.8) is 0 Å². The lowest BCUT2D eigenvalue weighted by Gasteiger charge is -2.15. The SMILES string of the molecule is C[C@H](C(=O)NCCc1cn[nH]c1)n1cnc2ccccc2c1=O. The summed E-state index contributed by atoms with van der Waals surface area (Å²) in [6, 6.07) is 6.47. The Kier molecular flexibility index (Phi) is 4.18. The molecule has 1 aromatic carbocycles. The average Bonchev–Trinajstić information content (AvgIpc) is 3.08.